The second-order valence-corrected chi connectivity index (χ2v) is 7.54. The van der Waals surface area contributed by atoms with Gasteiger partial charge in [-0.2, -0.15) is 4.98 Å². The second kappa shape index (κ2) is 6.09. The SMILES string of the molecule is CCc1cc2c(OC3CCC(C)C(C)C3)nc(Cl)nc2s1. The summed E-state index contributed by atoms with van der Waals surface area (Å²) < 4.78 is 6.20. The van der Waals surface area contributed by atoms with Gasteiger partial charge in [-0.3, -0.25) is 0 Å². The standard InChI is InChI=1S/C16H21ClN2OS/c1-4-12-8-13-14(18-16(17)19-15(13)21-12)20-11-6-5-9(2)10(3)7-11/h8-11H,4-7H2,1-3H3. The highest BCUT2D eigenvalue weighted by Crippen LogP contribution is 2.35. The number of aromatic nitrogens is 2. The van der Waals surface area contributed by atoms with E-state index in [1.165, 1.54) is 11.3 Å². The molecule has 0 aromatic carbocycles. The van der Waals surface area contributed by atoms with E-state index >= 15 is 0 Å². The number of aryl methyl sites for hydroxylation is 1. The Balaban J connectivity index is 1.87. The van der Waals surface area contributed by atoms with Gasteiger partial charge < -0.3 is 4.74 Å². The van der Waals surface area contributed by atoms with Gasteiger partial charge in [0.2, 0.25) is 11.2 Å². The molecule has 21 heavy (non-hydrogen) atoms. The zero-order chi connectivity index (χ0) is 15.0. The molecule has 2 aromatic rings. The van der Waals surface area contributed by atoms with Crippen molar-refractivity contribution < 1.29 is 4.74 Å². The van der Waals surface area contributed by atoms with Crippen molar-refractivity contribution >= 4 is 33.2 Å². The lowest BCUT2D eigenvalue weighted by atomic mass is 9.80. The molecular weight excluding hydrogens is 304 g/mol. The number of rotatable bonds is 3. The van der Waals surface area contributed by atoms with Gasteiger partial charge in [-0.15, -0.1) is 11.3 Å². The summed E-state index contributed by atoms with van der Waals surface area (Å²) in [7, 11) is 0. The van der Waals surface area contributed by atoms with E-state index in [1.54, 1.807) is 11.3 Å². The van der Waals surface area contributed by atoms with Crippen LogP contribution in [-0.2, 0) is 6.42 Å². The average Bonchev–Trinajstić information content (AvgIpc) is 2.86. The largest absolute Gasteiger partial charge is 0.474 e. The molecule has 0 N–H and O–H groups in total. The Kier molecular flexibility index (Phi) is 4.36. The van der Waals surface area contributed by atoms with Gasteiger partial charge in [-0.25, -0.2) is 4.98 Å². The van der Waals surface area contributed by atoms with Crippen LogP contribution >= 0.6 is 22.9 Å². The normalized spacial score (nSPS) is 26.2. The van der Waals surface area contributed by atoms with Crippen LogP contribution < -0.4 is 4.74 Å². The fraction of sp³-hybridized carbons (Fsp3) is 0.625. The van der Waals surface area contributed by atoms with E-state index in [2.05, 4.69) is 36.8 Å². The van der Waals surface area contributed by atoms with Crippen molar-refractivity contribution in [3.8, 4) is 5.88 Å². The Labute approximate surface area is 134 Å². The van der Waals surface area contributed by atoms with Crippen molar-refractivity contribution in [2.45, 2.75) is 52.6 Å². The van der Waals surface area contributed by atoms with Crippen molar-refractivity contribution in [3.63, 3.8) is 0 Å². The molecule has 0 amide bonds. The molecular formula is C16H21ClN2OS. The summed E-state index contributed by atoms with van der Waals surface area (Å²) >= 11 is 7.72. The molecule has 5 heteroatoms. The number of halogens is 1. The summed E-state index contributed by atoms with van der Waals surface area (Å²) in [4.78, 5) is 10.9. The highest BCUT2D eigenvalue weighted by atomic mass is 35.5. The van der Waals surface area contributed by atoms with E-state index in [-0.39, 0.29) is 11.4 Å². The van der Waals surface area contributed by atoms with Gasteiger partial charge in [-0.1, -0.05) is 20.8 Å². The highest BCUT2D eigenvalue weighted by molar-refractivity contribution is 7.18. The third-order valence-corrected chi connectivity index (χ3v) is 5.90. The number of nitrogens with zero attached hydrogens (tertiary/aromatic N) is 2. The van der Waals surface area contributed by atoms with Gasteiger partial charge in [0, 0.05) is 4.88 Å². The smallest absolute Gasteiger partial charge is 0.227 e. The van der Waals surface area contributed by atoms with Crippen LogP contribution in [-0.4, -0.2) is 16.1 Å². The maximum atomic E-state index is 6.20. The zero-order valence-corrected chi connectivity index (χ0v) is 14.3. The van der Waals surface area contributed by atoms with Crippen molar-refractivity contribution in [2.24, 2.45) is 11.8 Å². The first-order valence-corrected chi connectivity index (χ1v) is 8.88. The van der Waals surface area contributed by atoms with Crippen LogP contribution in [0.1, 0.15) is 44.9 Å². The van der Waals surface area contributed by atoms with E-state index in [0.717, 1.165) is 35.4 Å². The molecule has 1 saturated carbocycles. The first kappa shape index (κ1) is 15.0. The Morgan fingerprint density at radius 2 is 2.10 bits per heavy atom. The van der Waals surface area contributed by atoms with Gasteiger partial charge >= 0.3 is 0 Å². The lowest BCUT2D eigenvalue weighted by Gasteiger charge is -2.32. The predicted octanol–water partition coefficient (Wildman–Crippen LogP) is 5.11. The van der Waals surface area contributed by atoms with E-state index in [0.29, 0.717) is 11.8 Å². The van der Waals surface area contributed by atoms with Crippen molar-refractivity contribution in [1.29, 1.82) is 0 Å². The minimum absolute atomic E-state index is 0.246. The van der Waals surface area contributed by atoms with Gasteiger partial charge in [0.15, 0.2) is 0 Å². The van der Waals surface area contributed by atoms with E-state index in [1.807, 2.05) is 0 Å². The minimum Gasteiger partial charge on any atom is -0.474 e. The molecule has 0 spiro atoms. The Morgan fingerprint density at radius 3 is 2.81 bits per heavy atom. The summed E-state index contributed by atoms with van der Waals surface area (Å²) in [6, 6.07) is 2.14. The number of ether oxygens (including phenoxy) is 1. The molecule has 3 rings (SSSR count). The first-order valence-electron chi connectivity index (χ1n) is 7.69. The van der Waals surface area contributed by atoms with Crippen LogP contribution in [0.4, 0.5) is 0 Å². The van der Waals surface area contributed by atoms with E-state index in [4.69, 9.17) is 16.3 Å². The summed E-state index contributed by atoms with van der Waals surface area (Å²) in [5, 5.41) is 1.28. The molecule has 0 bridgehead atoms. The third kappa shape index (κ3) is 3.16. The van der Waals surface area contributed by atoms with E-state index < -0.39 is 0 Å². The molecule has 3 atom stereocenters. The first-order chi connectivity index (χ1) is 10.1. The molecule has 2 aromatic heterocycles. The quantitative estimate of drug-likeness (QED) is 0.736. The van der Waals surface area contributed by atoms with Gasteiger partial charge in [0.05, 0.1) is 5.39 Å². The fourth-order valence-corrected chi connectivity index (χ4v) is 4.12. The van der Waals surface area contributed by atoms with Crippen LogP contribution in [0.3, 0.4) is 0 Å². The molecule has 0 aliphatic heterocycles. The molecule has 3 unspecified atom stereocenters. The van der Waals surface area contributed by atoms with Crippen LogP contribution in [0.25, 0.3) is 10.2 Å². The summed E-state index contributed by atoms with van der Waals surface area (Å²) in [6.07, 6.45) is 4.65. The molecule has 114 valence electrons. The lowest BCUT2D eigenvalue weighted by molar-refractivity contribution is 0.0979. The summed E-state index contributed by atoms with van der Waals surface area (Å²) in [5.41, 5.74) is 0. The number of thiophene rings is 1. The molecule has 0 radical (unpaired) electrons. The van der Waals surface area contributed by atoms with Crippen molar-refractivity contribution in [2.75, 3.05) is 0 Å². The van der Waals surface area contributed by atoms with Gasteiger partial charge in [-0.05, 0) is 55.2 Å². The van der Waals surface area contributed by atoms with Gasteiger partial charge in [0.1, 0.15) is 10.9 Å². The van der Waals surface area contributed by atoms with Crippen LogP contribution in [0.5, 0.6) is 5.88 Å². The molecule has 1 aliphatic carbocycles. The lowest BCUT2D eigenvalue weighted by Crippen LogP contribution is -2.29. The number of hydrogen-bond acceptors (Lipinski definition) is 4. The molecule has 2 heterocycles. The Morgan fingerprint density at radius 1 is 1.29 bits per heavy atom. The van der Waals surface area contributed by atoms with Crippen LogP contribution in [0.2, 0.25) is 5.28 Å². The molecule has 0 saturated heterocycles. The molecule has 1 fully saturated rings. The molecule has 3 nitrogen and oxygen atoms in total. The number of fused-ring (bicyclic) bond motifs is 1. The minimum atomic E-state index is 0.246. The maximum absolute atomic E-state index is 6.20. The van der Waals surface area contributed by atoms with E-state index in [9.17, 15) is 0 Å². The van der Waals surface area contributed by atoms with Crippen molar-refractivity contribution in [3.05, 3.63) is 16.2 Å². The summed E-state index contributed by atoms with van der Waals surface area (Å²) in [6.45, 7) is 6.78. The average molecular weight is 325 g/mol. The highest BCUT2D eigenvalue weighted by Gasteiger charge is 2.27. The predicted molar refractivity (Wildman–Crippen MR) is 88.4 cm³/mol. The molecule has 1 aliphatic rings. The second-order valence-electron chi connectivity index (χ2n) is 6.09. The topological polar surface area (TPSA) is 35.0 Å². The van der Waals surface area contributed by atoms with Crippen LogP contribution in [0.15, 0.2) is 6.07 Å². The van der Waals surface area contributed by atoms with Crippen LogP contribution in [0, 0.1) is 11.8 Å². The Bertz CT molecular complexity index is 642. The van der Waals surface area contributed by atoms with Crippen molar-refractivity contribution in [1.82, 2.24) is 9.97 Å². The monoisotopic (exact) mass is 324 g/mol. The fourth-order valence-electron chi connectivity index (χ4n) is 2.95. The maximum Gasteiger partial charge on any atom is 0.227 e. The number of hydrogen-bond donors (Lipinski definition) is 0. The summed E-state index contributed by atoms with van der Waals surface area (Å²) in [5.74, 6) is 2.14. The Hall–Kier alpha value is -0.870. The third-order valence-electron chi connectivity index (χ3n) is 4.56. The zero-order valence-electron chi connectivity index (χ0n) is 12.7. The van der Waals surface area contributed by atoms with Gasteiger partial charge in [0.25, 0.3) is 0 Å².